The highest BCUT2D eigenvalue weighted by Crippen LogP contribution is 2.35. The number of rotatable bonds is 3. The van der Waals surface area contributed by atoms with Gasteiger partial charge in [-0.3, -0.25) is 9.55 Å². The smallest absolute Gasteiger partial charge is 0.225 e. The van der Waals surface area contributed by atoms with Crippen LogP contribution in [-0.4, -0.2) is 36.0 Å². The second-order valence-corrected chi connectivity index (χ2v) is 5.14. The molecular formula is C15H15N7. The first-order valence-electron chi connectivity index (χ1n) is 7.26. The maximum atomic E-state index is 4.58. The lowest BCUT2D eigenvalue weighted by Gasteiger charge is -2.25. The average Bonchev–Trinajstić information content (AvgIpc) is 3.27. The summed E-state index contributed by atoms with van der Waals surface area (Å²) in [6, 6.07) is 1.96. The molecule has 0 saturated carbocycles. The van der Waals surface area contributed by atoms with E-state index in [9.17, 15) is 0 Å². The zero-order valence-electron chi connectivity index (χ0n) is 11.9. The van der Waals surface area contributed by atoms with E-state index in [1.807, 2.05) is 16.8 Å². The number of anilines is 1. The first-order chi connectivity index (χ1) is 10.9. The largest absolute Gasteiger partial charge is 0.332 e. The van der Waals surface area contributed by atoms with E-state index in [0.29, 0.717) is 0 Å². The Hall–Kier alpha value is -2.83. The molecule has 1 fully saturated rings. The molecule has 3 aromatic heterocycles. The molecule has 0 radical (unpaired) electrons. The molecule has 110 valence electrons. The lowest BCUT2D eigenvalue weighted by molar-refractivity contribution is 0.666. The lowest BCUT2D eigenvalue weighted by Crippen LogP contribution is -2.26. The lowest BCUT2D eigenvalue weighted by atomic mass is 10.1. The molecule has 1 atom stereocenters. The van der Waals surface area contributed by atoms with Crippen LogP contribution in [-0.2, 0) is 0 Å². The van der Waals surface area contributed by atoms with Crippen molar-refractivity contribution in [1.82, 2.24) is 29.5 Å². The number of imidazole rings is 1. The highest BCUT2D eigenvalue weighted by Gasteiger charge is 2.31. The Balaban J connectivity index is 1.76. The topological polar surface area (TPSA) is 72.6 Å². The predicted octanol–water partition coefficient (Wildman–Crippen LogP) is 1.79. The summed E-state index contributed by atoms with van der Waals surface area (Å²) in [5.41, 5.74) is 0.936. The van der Waals surface area contributed by atoms with Crippen LogP contribution in [0, 0.1) is 0 Å². The fourth-order valence-corrected chi connectivity index (χ4v) is 2.89. The van der Waals surface area contributed by atoms with E-state index in [1.165, 1.54) is 0 Å². The molecule has 0 aromatic carbocycles. The standard InChI is InChI=1S/C15H15N7/c1-3-12(22(9-1)15-19-4-2-5-20-15)13-14(18-7-6-17-13)21-10-8-16-11-21/h2,4-8,10-12H,1,3,9H2/t12-/m0/s1. The SMILES string of the molecule is c1cnc(N2CCC[C@H]2c2nccnc2-n2ccnc2)nc1. The highest BCUT2D eigenvalue weighted by atomic mass is 15.3. The van der Waals surface area contributed by atoms with Crippen LogP contribution >= 0.6 is 0 Å². The summed E-state index contributed by atoms with van der Waals surface area (Å²) < 4.78 is 1.89. The van der Waals surface area contributed by atoms with Gasteiger partial charge < -0.3 is 4.90 Å². The van der Waals surface area contributed by atoms with Crippen LogP contribution < -0.4 is 4.90 Å². The van der Waals surface area contributed by atoms with Crippen LogP contribution in [0.15, 0.2) is 49.6 Å². The highest BCUT2D eigenvalue weighted by molar-refractivity contribution is 5.41. The molecule has 0 amide bonds. The molecule has 1 aliphatic heterocycles. The van der Waals surface area contributed by atoms with E-state index in [-0.39, 0.29) is 6.04 Å². The number of hydrogen-bond acceptors (Lipinski definition) is 6. The molecular weight excluding hydrogens is 278 g/mol. The maximum absolute atomic E-state index is 4.58. The molecule has 0 unspecified atom stereocenters. The van der Waals surface area contributed by atoms with E-state index in [4.69, 9.17) is 0 Å². The van der Waals surface area contributed by atoms with Crippen molar-refractivity contribution in [1.29, 1.82) is 0 Å². The molecule has 4 heterocycles. The summed E-state index contributed by atoms with van der Waals surface area (Å²) in [5, 5.41) is 0. The number of hydrogen-bond donors (Lipinski definition) is 0. The minimum Gasteiger partial charge on any atom is -0.332 e. The van der Waals surface area contributed by atoms with Crippen molar-refractivity contribution in [3.05, 3.63) is 55.3 Å². The van der Waals surface area contributed by atoms with Gasteiger partial charge in [0.2, 0.25) is 5.95 Å². The third-order valence-corrected chi connectivity index (χ3v) is 3.83. The van der Waals surface area contributed by atoms with Crippen molar-refractivity contribution >= 4 is 5.95 Å². The van der Waals surface area contributed by atoms with Crippen LogP contribution in [0.3, 0.4) is 0 Å². The Kier molecular flexibility index (Phi) is 3.23. The zero-order valence-corrected chi connectivity index (χ0v) is 11.9. The van der Waals surface area contributed by atoms with Crippen molar-refractivity contribution in [2.24, 2.45) is 0 Å². The third kappa shape index (κ3) is 2.20. The van der Waals surface area contributed by atoms with Gasteiger partial charge in [-0.2, -0.15) is 0 Å². The van der Waals surface area contributed by atoms with Gasteiger partial charge in [0.1, 0.15) is 12.0 Å². The normalized spacial score (nSPS) is 17.8. The molecule has 0 bridgehead atoms. The first-order valence-corrected chi connectivity index (χ1v) is 7.26. The van der Waals surface area contributed by atoms with Crippen molar-refractivity contribution < 1.29 is 0 Å². The Morgan fingerprint density at radius 2 is 1.82 bits per heavy atom. The Morgan fingerprint density at radius 1 is 0.955 bits per heavy atom. The van der Waals surface area contributed by atoms with Gasteiger partial charge in [0.15, 0.2) is 5.82 Å². The van der Waals surface area contributed by atoms with E-state index >= 15 is 0 Å². The van der Waals surface area contributed by atoms with Crippen LogP contribution in [0.25, 0.3) is 5.82 Å². The van der Waals surface area contributed by atoms with E-state index in [1.54, 1.807) is 37.3 Å². The van der Waals surface area contributed by atoms with Crippen LogP contribution in [0.5, 0.6) is 0 Å². The summed E-state index contributed by atoms with van der Waals surface area (Å²) in [6.45, 7) is 0.925. The number of nitrogens with zero attached hydrogens (tertiary/aromatic N) is 7. The van der Waals surface area contributed by atoms with E-state index in [2.05, 4.69) is 29.8 Å². The van der Waals surface area contributed by atoms with Crippen molar-refractivity contribution in [3.8, 4) is 5.82 Å². The fourth-order valence-electron chi connectivity index (χ4n) is 2.89. The second-order valence-electron chi connectivity index (χ2n) is 5.14. The molecule has 22 heavy (non-hydrogen) atoms. The predicted molar refractivity (Wildman–Crippen MR) is 80.5 cm³/mol. The van der Waals surface area contributed by atoms with Crippen LogP contribution in [0.2, 0.25) is 0 Å². The van der Waals surface area contributed by atoms with Gasteiger partial charge in [0.05, 0.1) is 6.04 Å². The summed E-state index contributed by atoms with van der Waals surface area (Å²) in [4.78, 5) is 24.1. The van der Waals surface area contributed by atoms with Gasteiger partial charge in [-0.1, -0.05) is 0 Å². The molecule has 0 spiro atoms. The molecule has 3 aromatic rings. The quantitative estimate of drug-likeness (QED) is 0.733. The Bertz CT molecular complexity index is 742. The molecule has 1 saturated heterocycles. The van der Waals surface area contributed by atoms with Gasteiger partial charge in [0, 0.05) is 43.7 Å². The summed E-state index contributed by atoms with van der Waals surface area (Å²) in [5.74, 6) is 1.56. The van der Waals surface area contributed by atoms with Crippen LogP contribution in [0.4, 0.5) is 5.95 Å². The molecule has 1 aliphatic rings. The van der Waals surface area contributed by atoms with E-state index < -0.39 is 0 Å². The molecule has 7 nitrogen and oxygen atoms in total. The first kappa shape index (κ1) is 12.9. The molecule has 0 aliphatic carbocycles. The minimum atomic E-state index is 0.133. The summed E-state index contributed by atoms with van der Waals surface area (Å²) in [7, 11) is 0. The van der Waals surface area contributed by atoms with Crippen LogP contribution in [0.1, 0.15) is 24.6 Å². The van der Waals surface area contributed by atoms with Gasteiger partial charge in [-0.25, -0.2) is 19.9 Å². The van der Waals surface area contributed by atoms with E-state index in [0.717, 1.165) is 36.8 Å². The monoisotopic (exact) mass is 293 g/mol. The molecule has 7 heteroatoms. The average molecular weight is 293 g/mol. The van der Waals surface area contributed by atoms with Gasteiger partial charge in [-0.15, -0.1) is 0 Å². The molecule has 4 rings (SSSR count). The zero-order chi connectivity index (χ0) is 14.8. The second kappa shape index (κ2) is 5.51. The summed E-state index contributed by atoms with van der Waals surface area (Å²) in [6.07, 6.45) is 14.4. The maximum Gasteiger partial charge on any atom is 0.225 e. The van der Waals surface area contributed by atoms with Gasteiger partial charge in [0.25, 0.3) is 0 Å². The van der Waals surface area contributed by atoms with Crippen molar-refractivity contribution in [2.45, 2.75) is 18.9 Å². The fraction of sp³-hybridized carbons (Fsp3) is 0.267. The van der Waals surface area contributed by atoms with Gasteiger partial charge >= 0.3 is 0 Å². The minimum absolute atomic E-state index is 0.133. The Labute approximate surface area is 127 Å². The van der Waals surface area contributed by atoms with Crippen molar-refractivity contribution in [2.75, 3.05) is 11.4 Å². The Morgan fingerprint density at radius 3 is 2.64 bits per heavy atom. The summed E-state index contributed by atoms with van der Waals surface area (Å²) >= 11 is 0. The molecule has 0 N–H and O–H groups in total. The van der Waals surface area contributed by atoms with Gasteiger partial charge in [-0.05, 0) is 18.9 Å². The third-order valence-electron chi connectivity index (χ3n) is 3.83. The van der Waals surface area contributed by atoms with Crippen molar-refractivity contribution in [3.63, 3.8) is 0 Å². The number of aromatic nitrogens is 6.